The van der Waals surface area contributed by atoms with Crippen LogP contribution in [0.1, 0.15) is 41.5 Å². The van der Waals surface area contributed by atoms with Crippen LogP contribution in [0.5, 0.6) is 0 Å². The third kappa shape index (κ3) is 4.08. The lowest BCUT2D eigenvalue weighted by Crippen LogP contribution is -2.53. The van der Waals surface area contributed by atoms with E-state index in [1.807, 2.05) is 30.5 Å². The van der Waals surface area contributed by atoms with Crippen molar-refractivity contribution in [1.82, 2.24) is 24.6 Å². The van der Waals surface area contributed by atoms with E-state index in [0.29, 0.717) is 30.6 Å². The Morgan fingerprint density at radius 3 is 2.68 bits per heavy atom. The van der Waals surface area contributed by atoms with Gasteiger partial charge in [0.25, 0.3) is 0 Å². The zero-order valence-corrected chi connectivity index (χ0v) is 20.0. The molecule has 6 rings (SSSR count). The summed E-state index contributed by atoms with van der Waals surface area (Å²) < 4.78 is 22.2. The number of hydrogen-bond acceptors (Lipinski definition) is 6. The lowest BCUT2D eigenvalue weighted by molar-refractivity contribution is -0.142. The molecule has 0 aliphatic carbocycles. The third-order valence-corrected chi connectivity index (χ3v) is 7.35. The Morgan fingerprint density at radius 1 is 1.12 bits per heavy atom. The number of alkyl halides is 1. The second kappa shape index (κ2) is 8.59. The molecule has 178 valence electrons. The second-order valence-corrected chi connectivity index (χ2v) is 10.3. The SMILES string of the molecule is Cc1ccnc(N2CCC(c3nnc4n3-c3ccc(Cl)cc3CN(CC3(F)COC3)C4)CC2)c1. The van der Waals surface area contributed by atoms with Crippen molar-refractivity contribution in [2.24, 2.45) is 0 Å². The fourth-order valence-electron chi connectivity index (χ4n) is 5.34. The molecule has 9 heteroatoms. The molecule has 0 spiro atoms. The number of piperidine rings is 1. The monoisotopic (exact) mass is 482 g/mol. The molecule has 0 saturated carbocycles. The normalized spacial score (nSPS) is 20.4. The van der Waals surface area contributed by atoms with Gasteiger partial charge in [0.1, 0.15) is 11.6 Å². The van der Waals surface area contributed by atoms with Gasteiger partial charge in [-0.2, -0.15) is 0 Å². The Hall–Kier alpha value is -2.55. The number of anilines is 1. The smallest absolute Gasteiger partial charge is 0.169 e. The third-order valence-electron chi connectivity index (χ3n) is 7.11. The Morgan fingerprint density at radius 2 is 1.94 bits per heavy atom. The minimum atomic E-state index is -1.30. The number of fused-ring (bicyclic) bond motifs is 3. The van der Waals surface area contributed by atoms with Crippen molar-refractivity contribution in [2.45, 2.75) is 44.4 Å². The predicted molar refractivity (Wildman–Crippen MR) is 128 cm³/mol. The lowest BCUT2D eigenvalue weighted by atomic mass is 9.95. The maximum Gasteiger partial charge on any atom is 0.169 e. The molecule has 2 aromatic heterocycles. The number of rotatable bonds is 4. The van der Waals surface area contributed by atoms with Crippen LogP contribution in [-0.2, 0) is 17.8 Å². The molecule has 1 aromatic carbocycles. The minimum Gasteiger partial charge on any atom is -0.375 e. The molecule has 34 heavy (non-hydrogen) atoms. The number of halogens is 2. The molecule has 5 heterocycles. The van der Waals surface area contributed by atoms with Crippen molar-refractivity contribution in [3.05, 3.63) is 64.3 Å². The summed E-state index contributed by atoms with van der Waals surface area (Å²) in [5, 5.41) is 9.93. The highest BCUT2D eigenvalue weighted by Crippen LogP contribution is 2.35. The van der Waals surface area contributed by atoms with Crippen molar-refractivity contribution in [2.75, 3.05) is 37.7 Å². The Balaban J connectivity index is 1.28. The second-order valence-electron chi connectivity index (χ2n) is 9.82. The van der Waals surface area contributed by atoms with E-state index in [-0.39, 0.29) is 13.2 Å². The summed E-state index contributed by atoms with van der Waals surface area (Å²) >= 11 is 6.36. The highest BCUT2D eigenvalue weighted by Gasteiger charge is 2.41. The van der Waals surface area contributed by atoms with Gasteiger partial charge in [0, 0.05) is 43.3 Å². The van der Waals surface area contributed by atoms with Crippen LogP contribution in [0.4, 0.5) is 10.2 Å². The standard InChI is InChI=1S/C25H28ClFN6O/c1-17-4-7-28-22(10-17)32-8-5-18(6-9-32)24-30-29-23-13-31(14-25(27)15-34-16-25)12-19-11-20(26)2-3-21(19)33(23)24/h2-4,7,10-11,18H,5-6,8-9,12-16H2,1H3. The summed E-state index contributed by atoms with van der Waals surface area (Å²) in [6.07, 6.45) is 3.83. The first kappa shape index (κ1) is 21.9. The molecule has 2 saturated heterocycles. The van der Waals surface area contributed by atoms with Crippen molar-refractivity contribution < 1.29 is 9.13 Å². The molecular formula is C25H28ClFN6O. The van der Waals surface area contributed by atoms with Gasteiger partial charge in [-0.1, -0.05) is 11.6 Å². The van der Waals surface area contributed by atoms with Gasteiger partial charge in [0.2, 0.25) is 0 Å². The lowest BCUT2D eigenvalue weighted by Gasteiger charge is -2.37. The van der Waals surface area contributed by atoms with Gasteiger partial charge < -0.3 is 9.64 Å². The fourth-order valence-corrected chi connectivity index (χ4v) is 5.54. The fraction of sp³-hybridized carbons (Fsp3) is 0.480. The van der Waals surface area contributed by atoms with Crippen LogP contribution in [0, 0.1) is 6.92 Å². The van der Waals surface area contributed by atoms with E-state index in [4.69, 9.17) is 16.3 Å². The molecule has 0 bridgehead atoms. The van der Waals surface area contributed by atoms with Crippen molar-refractivity contribution >= 4 is 17.4 Å². The van der Waals surface area contributed by atoms with E-state index >= 15 is 0 Å². The van der Waals surface area contributed by atoms with E-state index < -0.39 is 5.67 Å². The van der Waals surface area contributed by atoms with Crippen LogP contribution >= 0.6 is 11.6 Å². The first-order valence-corrected chi connectivity index (χ1v) is 12.2. The number of benzene rings is 1. The van der Waals surface area contributed by atoms with E-state index in [1.54, 1.807) is 0 Å². The number of hydrogen-bond donors (Lipinski definition) is 0. The summed E-state index contributed by atoms with van der Waals surface area (Å²) in [5.74, 6) is 3.17. The number of aromatic nitrogens is 4. The first-order chi connectivity index (χ1) is 16.5. The zero-order valence-electron chi connectivity index (χ0n) is 19.3. The molecule has 0 radical (unpaired) electrons. The predicted octanol–water partition coefficient (Wildman–Crippen LogP) is 4.06. The van der Waals surface area contributed by atoms with Crippen LogP contribution < -0.4 is 4.90 Å². The van der Waals surface area contributed by atoms with E-state index in [2.05, 4.69) is 42.5 Å². The molecule has 3 aliphatic rings. The zero-order chi connectivity index (χ0) is 23.3. The van der Waals surface area contributed by atoms with Crippen LogP contribution in [-0.4, -0.2) is 63.2 Å². The molecule has 7 nitrogen and oxygen atoms in total. The molecule has 0 amide bonds. The highest BCUT2D eigenvalue weighted by molar-refractivity contribution is 6.30. The van der Waals surface area contributed by atoms with Gasteiger partial charge in [0.15, 0.2) is 11.5 Å². The van der Waals surface area contributed by atoms with Crippen molar-refractivity contribution in [3.8, 4) is 5.69 Å². The number of aryl methyl sites for hydroxylation is 1. The quantitative estimate of drug-likeness (QED) is 0.559. The number of ether oxygens (including phenoxy) is 1. The van der Waals surface area contributed by atoms with E-state index in [1.165, 1.54) is 5.56 Å². The molecule has 3 aliphatic heterocycles. The van der Waals surface area contributed by atoms with Crippen molar-refractivity contribution in [1.29, 1.82) is 0 Å². The molecule has 2 fully saturated rings. The molecule has 0 N–H and O–H groups in total. The van der Waals surface area contributed by atoms with Gasteiger partial charge in [0.05, 0.1) is 25.4 Å². The average molecular weight is 483 g/mol. The minimum absolute atomic E-state index is 0.151. The van der Waals surface area contributed by atoms with E-state index in [0.717, 1.165) is 54.6 Å². The molecule has 0 atom stereocenters. The summed E-state index contributed by atoms with van der Waals surface area (Å²) in [6, 6.07) is 10.1. The first-order valence-electron chi connectivity index (χ1n) is 11.9. The van der Waals surface area contributed by atoms with Gasteiger partial charge in [-0.25, -0.2) is 9.37 Å². The maximum atomic E-state index is 14.9. The van der Waals surface area contributed by atoms with Crippen LogP contribution in [0.25, 0.3) is 5.69 Å². The number of nitrogens with zero attached hydrogens (tertiary/aromatic N) is 6. The van der Waals surface area contributed by atoms with Gasteiger partial charge >= 0.3 is 0 Å². The van der Waals surface area contributed by atoms with Gasteiger partial charge in [-0.3, -0.25) is 9.47 Å². The van der Waals surface area contributed by atoms with Crippen LogP contribution in [0.15, 0.2) is 36.5 Å². The Kier molecular flexibility index (Phi) is 5.54. The summed E-state index contributed by atoms with van der Waals surface area (Å²) in [7, 11) is 0. The average Bonchev–Trinajstić information content (AvgIpc) is 3.15. The highest BCUT2D eigenvalue weighted by atomic mass is 35.5. The Labute approximate surface area is 203 Å². The molecule has 0 unspecified atom stereocenters. The van der Waals surface area contributed by atoms with Gasteiger partial charge in [-0.05, 0) is 61.2 Å². The summed E-state index contributed by atoms with van der Waals surface area (Å²) in [5.41, 5.74) is 2.03. The molecule has 3 aromatic rings. The summed E-state index contributed by atoms with van der Waals surface area (Å²) in [4.78, 5) is 9.00. The largest absolute Gasteiger partial charge is 0.375 e. The summed E-state index contributed by atoms with van der Waals surface area (Å²) in [6.45, 7) is 5.71. The number of pyridine rings is 1. The van der Waals surface area contributed by atoms with E-state index in [9.17, 15) is 4.39 Å². The maximum absolute atomic E-state index is 14.9. The van der Waals surface area contributed by atoms with Gasteiger partial charge in [-0.15, -0.1) is 10.2 Å². The van der Waals surface area contributed by atoms with Crippen LogP contribution in [0.3, 0.4) is 0 Å². The topological polar surface area (TPSA) is 59.3 Å². The molecular weight excluding hydrogens is 455 g/mol. The van der Waals surface area contributed by atoms with Crippen molar-refractivity contribution in [3.63, 3.8) is 0 Å². The van der Waals surface area contributed by atoms with Crippen LogP contribution in [0.2, 0.25) is 5.02 Å². The Bertz CT molecular complexity index is 1200.